The molecule has 0 aliphatic heterocycles. The zero-order valence-corrected chi connectivity index (χ0v) is 16.4. The Morgan fingerprint density at radius 1 is 1.21 bits per heavy atom. The summed E-state index contributed by atoms with van der Waals surface area (Å²) in [5, 5.41) is 13.4. The molecule has 29 heavy (non-hydrogen) atoms. The number of benzene rings is 1. The van der Waals surface area contributed by atoms with Crippen molar-refractivity contribution in [1.82, 2.24) is 25.1 Å². The number of nitrogens with zero attached hydrogens (tertiary/aromatic N) is 3. The van der Waals surface area contributed by atoms with Gasteiger partial charge in [0.15, 0.2) is 5.82 Å². The first-order valence-corrected chi connectivity index (χ1v) is 9.16. The molecule has 0 saturated carbocycles. The number of amides is 2. The first-order valence-electron chi connectivity index (χ1n) is 8.79. The minimum atomic E-state index is -0.399. The van der Waals surface area contributed by atoms with Gasteiger partial charge in [0.1, 0.15) is 5.69 Å². The number of anilines is 1. The fourth-order valence-corrected chi connectivity index (χ4v) is 3.38. The van der Waals surface area contributed by atoms with E-state index in [9.17, 15) is 9.59 Å². The number of halogens is 1. The second kappa shape index (κ2) is 7.40. The van der Waals surface area contributed by atoms with Crippen LogP contribution in [0.25, 0.3) is 16.7 Å². The number of hydrogen-bond acceptors (Lipinski definition) is 4. The summed E-state index contributed by atoms with van der Waals surface area (Å²) >= 11 is 6.26. The van der Waals surface area contributed by atoms with E-state index in [1.54, 1.807) is 53.5 Å². The van der Waals surface area contributed by atoms with Gasteiger partial charge < -0.3 is 10.6 Å². The van der Waals surface area contributed by atoms with Crippen LogP contribution in [0.15, 0.2) is 48.9 Å². The average Bonchev–Trinajstić information content (AvgIpc) is 3.34. The number of hydrogen-bond donors (Lipinski definition) is 3. The van der Waals surface area contributed by atoms with Crippen molar-refractivity contribution >= 4 is 40.0 Å². The fourth-order valence-electron chi connectivity index (χ4n) is 3.16. The third kappa shape index (κ3) is 3.34. The molecule has 2 amide bonds. The Kier molecular flexibility index (Phi) is 4.77. The van der Waals surface area contributed by atoms with Crippen LogP contribution in [-0.4, -0.2) is 38.6 Å². The highest BCUT2D eigenvalue weighted by Crippen LogP contribution is 2.26. The van der Waals surface area contributed by atoms with Gasteiger partial charge in [0.05, 0.1) is 28.0 Å². The van der Waals surface area contributed by atoms with Gasteiger partial charge in [0.25, 0.3) is 11.8 Å². The highest BCUT2D eigenvalue weighted by molar-refractivity contribution is 6.32. The summed E-state index contributed by atoms with van der Waals surface area (Å²) in [6.07, 6.45) is 5.00. The van der Waals surface area contributed by atoms with E-state index >= 15 is 0 Å². The average molecular weight is 409 g/mol. The van der Waals surface area contributed by atoms with Gasteiger partial charge in [-0.1, -0.05) is 11.6 Å². The Morgan fingerprint density at radius 2 is 2.03 bits per heavy atom. The van der Waals surface area contributed by atoms with Crippen LogP contribution in [0.2, 0.25) is 5.02 Å². The highest BCUT2D eigenvalue weighted by Gasteiger charge is 2.21. The van der Waals surface area contributed by atoms with Gasteiger partial charge in [-0.2, -0.15) is 5.10 Å². The van der Waals surface area contributed by atoms with Gasteiger partial charge in [-0.3, -0.25) is 19.3 Å². The minimum Gasteiger partial charge on any atom is -0.355 e. The van der Waals surface area contributed by atoms with Gasteiger partial charge in [-0.15, -0.1) is 0 Å². The van der Waals surface area contributed by atoms with E-state index in [1.165, 1.54) is 7.05 Å². The predicted octanol–water partition coefficient (Wildman–Crippen LogP) is 3.32. The molecule has 0 unspecified atom stereocenters. The maximum atomic E-state index is 13.1. The number of aryl methyl sites for hydroxylation is 1. The van der Waals surface area contributed by atoms with Crippen molar-refractivity contribution in [2.24, 2.45) is 0 Å². The SMILES string of the molecule is CNC(=O)c1c(NC(=O)c2cc(C)cn2-c2ncccc2Cl)ccc2cn[nH]c12. The molecule has 3 heterocycles. The smallest absolute Gasteiger partial charge is 0.272 e. The van der Waals surface area contributed by atoms with Gasteiger partial charge in [-0.25, -0.2) is 4.98 Å². The third-order valence-corrected chi connectivity index (χ3v) is 4.77. The largest absolute Gasteiger partial charge is 0.355 e. The Labute approximate surface area is 170 Å². The first-order chi connectivity index (χ1) is 14.0. The van der Waals surface area contributed by atoms with Crippen molar-refractivity contribution < 1.29 is 9.59 Å². The summed E-state index contributed by atoms with van der Waals surface area (Å²) in [7, 11) is 1.53. The van der Waals surface area contributed by atoms with Crippen LogP contribution in [-0.2, 0) is 0 Å². The zero-order chi connectivity index (χ0) is 20.5. The maximum absolute atomic E-state index is 13.1. The molecule has 0 fully saturated rings. The van der Waals surface area contributed by atoms with Gasteiger partial charge in [-0.05, 0) is 42.8 Å². The van der Waals surface area contributed by atoms with Crippen molar-refractivity contribution in [2.75, 3.05) is 12.4 Å². The van der Waals surface area contributed by atoms with E-state index in [2.05, 4.69) is 25.8 Å². The number of nitrogens with one attached hydrogen (secondary N) is 3. The summed E-state index contributed by atoms with van der Waals surface area (Å²) in [4.78, 5) is 29.8. The molecule has 1 aromatic carbocycles. The Morgan fingerprint density at radius 3 is 2.79 bits per heavy atom. The Bertz CT molecular complexity index is 1240. The lowest BCUT2D eigenvalue weighted by Gasteiger charge is -2.13. The van der Waals surface area contributed by atoms with E-state index < -0.39 is 5.91 Å². The molecular weight excluding hydrogens is 392 g/mol. The third-order valence-electron chi connectivity index (χ3n) is 4.48. The maximum Gasteiger partial charge on any atom is 0.272 e. The van der Waals surface area contributed by atoms with Crippen molar-refractivity contribution in [3.05, 3.63) is 70.8 Å². The van der Waals surface area contributed by atoms with Crippen molar-refractivity contribution in [2.45, 2.75) is 6.92 Å². The van der Waals surface area contributed by atoms with Crippen molar-refractivity contribution in [1.29, 1.82) is 0 Å². The van der Waals surface area contributed by atoms with Crippen LogP contribution in [0.4, 0.5) is 5.69 Å². The molecule has 0 aliphatic rings. The quantitative estimate of drug-likeness (QED) is 0.481. The molecule has 3 aromatic heterocycles. The van der Waals surface area contributed by atoms with Gasteiger partial charge >= 0.3 is 0 Å². The predicted molar refractivity (Wildman–Crippen MR) is 111 cm³/mol. The molecule has 0 bridgehead atoms. The Hall–Kier alpha value is -3.65. The van der Waals surface area contributed by atoms with Crippen molar-refractivity contribution in [3.63, 3.8) is 0 Å². The lowest BCUT2D eigenvalue weighted by atomic mass is 10.1. The molecule has 0 spiro atoms. The molecule has 0 saturated heterocycles. The number of carbonyl (C=O) groups excluding carboxylic acids is 2. The topological polar surface area (TPSA) is 105 Å². The zero-order valence-electron chi connectivity index (χ0n) is 15.7. The molecule has 8 nitrogen and oxygen atoms in total. The monoisotopic (exact) mass is 408 g/mol. The normalized spacial score (nSPS) is 10.9. The van der Waals surface area contributed by atoms with Gasteiger partial charge in [0.2, 0.25) is 0 Å². The van der Waals surface area contributed by atoms with E-state index in [-0.39, 0.29) is 5.91 Å². The lowest BCUT2D eigenvalue weighted by Crippen LogP contribution is -2.23. The molecule has 9 heteroatoms. The number of aromatic amines is 1. The fraction of sp³-hybridized carbons (Fsp3) is 0.100. The molecule has 3 N–H and O–H groups in total. The minimum absolute atomic E-state index is 0.307. The number of pyridine rings is 1. The molecule has 0 atom stereocenters. The Balaban J connectivity index is 1.77. The van der Waals surface area contributed by atoms with Crippen LogP contribution < -0.4 is 10.6 Å². The molecule has 0 radical (unpaired) electrons. The summed E-state index contributed by atoms with van der Waals surface area (Å²) in [5.74, 6) is -0.290. The number of carbonyl (C=O) groups is 2. The van der Waals surface area contributed by atoms with Gasteiger partial charge in [0, 0.05) is 24.8 Å². The van der Waals surface area contributed by atoms with Crippen LogP contribution >= 0.6 is 11.6 Å². The van der Waals surface area contributed by atoms with Crippen LogP contribution in [0.1, 0.15) is 26.4 Å². The van der Waals surface area contributed by atoms with E-state index in [1.807, 2.05) is 6.92 Å². The molecule has 4 aromatic rings. The molecule has 0 aliphatic carbocycles. The van der Waals surface area contributed by atoms with Crippen LogP contribution in [0, 0.1) is 6.92 Å². The second-order valence-electron chi connectivity index (χ2n) is 6.44. The molecular formula is C20H17ClN6O2. The number of H-pyrrole nitrogens is 1. The summed E-state index contributed by atoms with van der Waals surface area (Å²) in [6.45, 7) is 1.87. The highest BCUT2D eigenvalue weighted by atomic mass is 35.5. The second-order valence-corrected chi connectivity index (χ2v) is 6.84. The first kappa shape index (κ1) is 18.7. The number of fused-ring (bicyclic) bond motifs is 1. The van der Waals surface area contributed by atoms with Crippen LogP contribution in [0.3, 0.4) is 0 Å². The molecule has 146 valence electrons. The number of aromatic nitrogens is 4. The summed E-state index contributed by atoms with van der Waals surface area (Å²) in [6, 6.07) is 8.61. The summed E-state index contributed by atoms with van der Waals surface area (Å²) in [5.41, 5.74) is 2.43. The van der Waals surface area contributed by atoms with E-state index in [4.69, 9.17) is 11.6 Å². The van der Waals surface area contributed by atoms with E-state index in [0.29, 0.717) is 33.3 Å². The lowest BCUT2D eigenvalue weighted by molar-refractivity contribution is 0.0965. The number of rotatable bonds is 4. The standard InChI is InChI=1S/C20H17ClN6O2/c1-11-8-15(27(10-11)18-13(21)4-3-7-23-18)19(28)25-14-6-5-12-9-24-26-17(12)16(14)20(29)22-2/h3-10H,1-2H3,(H,22,29)(H,24,26)(H,25,28). The summed E-state index contributed by atoms with van der Waals surface area (Å²) < 4.78 is 1.63. The van der Waals surface area contributed by atoms with E-state index in [0.717, 1.165) is 10.9 Å². The van der Waals surface area contributed by atoms with Crippen LogP contribution in [0.5, 0.6) is 0 Å². The molecule has 4 rings (SSSR count). The van der Waals surface area contributed by atoms with Crippen molar-refractivity contribution in [3.8, 4) is 5.82 Å².